The predicted molar refractivity (Wildman–Crippen MR) is 104 cm³/mol. The zero-order valence-corrected chi connectivity index (χ0v) is 15.2. The van der Waals surface area contributed by atoms with Crippen molar-refractivity contribution >= 4 is 35.6 Å². The van der Waals surface area contributed by atoms with E-state index in [1.807, 2.05) is 32.0 Å². The van der Waals surface area contributed by atoms with Crippen LogP contribution in [0.3, 0.4) is 0 Å². The van der Waals surface area contributed by atoms with Gasteiger partial charge in [0.1, 0.15) is 0 Å². The van der Waals surface area contributed by atoms with Crippen LogP contribution in [0.5, 0.6) is 0 Å². The molecule has 0 aliphatic heterocycles. The average Bonchev–Trinajstić information content (AvgIpc) is 2.55. The predicted octanol–water partition coefficient (Wildman–Crippen LogP) is 3.67. The van der Waals surface area contributed by atoms with Gasteiger partial charge in [-0.2, -0.15) is 0 Å². The minimum Gasteiger partial charge on any atom is -0.325 e. The Labute approximate surface area is 154 Å². The highest BCUT2D eigenvalue weighted by atomic mass is 35.5. The molecule has 25 heavy (non-hydrogen) atoms. The van der Waals surface area contributed by atoms with Gasteiger partial charge < -0.3 is 16.4 Å². The zero-order chi connectivity index (χ0) is 17.5. The standard InChI is InChI=1S/C19H23N3O2.ClH/c1-13(2)11-17(20)19(24)22-16-10-6-9-15(12-16)21-18(23)14-7-4-3-5-8-14;/h3-10,12-13,17H,11,20H2,1-2H3,(H,21,23)(H,22,24);1H/t17-;/m0./s1. The molecule has 2 aromatic rings. The lowest BCUT2D eigenvalue weighted by Gasteiger charge is -2.14. The van der Waals surface area contributed by atoms with E-state index in [1.54, 1.807) is 36.4 Å². The van der Waals surface area contributed by atoms with Crippen LogP contribution in [0.15, 0.2) is 54.6 Å². The van der Waals surface area contributed by atoms with Gasteiger partial charge in [0.2, 0.25) is 5.91 Å². The molecule has 2 aromatic carbocycles. The molecule has 0 bridgehead atoms. The van der Waals surface area contributed by atoms with Gasteiger partial charge in [0.05, 0.1) is 6.04 Å². The topological polar surface area (TPSA) is 84.2 Å². The van der Waals surface area contributed by atoms with Crippen LogP contribution in [0, 0.1) is 5.92 Å². The van der Waals surface area contributed by atoms with Gasteiger partial charge in [-0.25, -0.2) is 0 Å². The number of anilines is 2. The third-order valence-electron chi connectivity index (χ3n) is 3.49. The van der Waals surface area contributed by atoms with Crippen molar-refractivity contribution in [2.75, 3.05) is 10.6 Å². The van der Waals surface area contributed by atoms with E-state index in [0.29, 0.717) is 29.3 Å². The molecule has 134 valence electrons. The van der Waals surface area contributed by atoms with Crippen LogP contribution in [-0.4, -0.2) is 17.9 Å². The van der Waals surface area contributed by atoms with E-state index in [4.69, 9.17) is 5.73 Å². The lowest BCUT2D eigenvalue weighted by molar-refractivity contribution is -0.117. The van der Waals surface area contributed by atoms with Crippen LogP contribution in [0.2, 0.25) is 0 Å². The molecule has 0 aromatic heterocycles. The fourth-order valence-corrected chi connectivity index (χ4v) is 2.32. The number of nitrogens with one attached hydrogen (secondary N) is 2. The summed E-state index contributed by atoms with van der Waals surface area (Å²) in [4.78, 5) is 24.2. The number of hydrogen-bond donors (Lipinski definition) is 3. The van der Waals surface area contributed by atoms with Crippen LogP contribution < -0.4 is 16.4 Å². The summed E-state index contributed by atoms with van der Waals surface area (Å²) in [7, 11) is 0. The van der Waals surface area contributed by atoms with E-state index < -0.39 is 6.04 Å². The monoisotopic (exact) mass is 361 g/mol. The number of hydrogen-bond acceptors (Lipinski definition) is 3. The number of carbonyl (C=O) groups is 2. The van der Waals surface area contributed by atoms with Gasteiger partial charge in [-0.05, 0) is 42.7 Å². The average molecular weight is 362 g/mol. The molecule has 0 heterocycles. The molecule has 4 N–H and O–H groups in total. The van der Waals surface area contributed by atoms with Gasteiger partial charge in [0.15, 0.2) is 0 Å². The van der Waals surface area contributed by atoms with Crippen LogP contribution in [-0.2, 0) is 4.79 Å². The van der Waals surface area contributed by atoms with Crippen molar-refractivity contribution in [3.8, 4) is 0 Å². The molecule has 0 spiro atoms. The number of amides is 2. The fourth-order valence-electron chi connectivity index (χ4n) is 2.32. The van der Waals surface area contributed by atoms with Gasteiger partial charge in [0, 0.05) is 16.9 Å². The maximum Gasteiger partial charge on any atom is 0.255 e. The first-order valence-corrected chi connectivity index (χ1v) is 7.98. The van der Waals surface area contributed by atoms with Crippen molar-refractivity contribution in [1.29, 1.82) is 0 Å². The molecule has 0 aliphatic carbocycles. The SMILES string of the molecule is CC(C)C[C@H](N)C(=O)Nc1cccc(NC(=O)c2ccccc2)c1.Cl. The molecule has 2 rings (SSSR count). The second kappa shape index (κ2) is 9.81. The molecular weight excluding hydrogens is 338 g/mol. The van der Waals surface area contributed by atoms with Gasteiger partial charge >= 0.3 is 0 Å². The summed E-state index contributed by atoms with van der Waals surface area (Å²) in [6.07, 6.45) is 0.621. The zero-order valence-electron chi connectivity index (χ0n) is 14.4. The molecule has 5 nitrogen and oxygen atoms in total. The lowest BCUT2D eigenvalue weighted by atomic mass is 10.0. The summed E-state index contributed by atoms with van der Waals surface area (Å²) in [6.45, 7) is 4.04. The molecule has 0 fully saturated rings. The van der Waals surface area contributed by atoms with Gasteiger partial charge in [-0.3, -0.25) is 9.59 Å². The quantitative estimate of drug-likeness (QED) is 0.733. The highest BCUT2D eigenvalue weighted by Gasteiger charge is 2.15. The van der Waals surface area contributed by atoms with E-state index in [2.05, 4.69) is 10.6 Å². The first-order chi connectivity index (χ1) is 11.5. The minimum atomic E-state index is -0.549. The van der Waals surface area contributed by atoms with Crippen LogP contribution >= 0.6 is 12.4 Å². The summed E-state index contributed by atoms with van der Waals surface area (Å²) >= 11 is 0. The molecule has 1 atom stereocenters. The van der Waals surface area contributed by atoms with E-state index >= 15 is 0 Å². The Hall–Kier alpha value is -2.37. The summed E-state index contributed by atoms with van der Waals surface area (Å²) < 4.78 is 0. The first-order valence-electron chi connectivity index (χ1n) is 7.98. The Balaban J connectivity index is 0.00000312. The second-order valence-electron chi connectivity index (χ2n) is 6.13. The summed E-state index contributed by atoms with van der Waals surface area (Å²) in [6, 6.07) is 15.4. The van der Waals surface area contributed by atoms with Crippen molar-refractivity contribution in [2.45, 2.75) is 26.3 Å². The molecule has 2 amide bonds. The van der Waals surface area contributed by atoms with Crippen molar-refractivity contribution < 1.29 is 9.59 Å². The van der Waals surface area contributed by atoms with Crippen molar-refractivity contribution in [3.63, 3.8) is 0 Å². The van der Waals surface area contributed by atoms with Crippen molar-refractivity contribution in [1.82, 2.24) is 0 Å². The minimum absolute atomic E-state index is 0. The first kappa shape index (κ1) is 20.7. The van der Waals surface area contributed by atoms with Gasteiger partial charge in [-0.15, -0.1) is 12.4 Å². The molecule has 0 unspecified atom stereocenters. The Kier molecular flexibility index (Phi) is 8.11. The molecule has 6 heteroatoms. The summed E-state index contributed by atoms with van der Waals surface area (Å²) in [5.74, 6) is -0.0759. The molecule has 0 radical (unpaired) electrons. The summed E-state index contributed by atoms with van der Waals surface area (Å²) in [5, 5.41) is 5.60. The van der Waals surface area contributed by atoms with Crippen molar-refractivity contribution in [2.24, 2.45) is 11.7 Å². The third kappa shape index (κ3) is 6.57. The normalized spacial score (nSPS) is 11.4. The smallest absolute Gasteiger partial charge is 0.255 e. The largest absolute Gasteiger partial charge is 0.325 e. The number of benzene rings is 2. The van der Waals surface area contributed by atoms with E-state index in [-0.39, 0.29) is 24.2 Å². The molecule has 0 saturated heterocycles. The highest BCUT2D eigenvalue weighted by molar-refractivity contribution is 6.04. The molecule has 0 aliphatic rings. The molecule has 0 saturated carbocycles. The van der Waals surface area contributed by atoms with E-state index in [0.717, 1.165) is 0 Å². The fraction of sp³-hybridized carbons (Fsp3) is 0.263. The molecular formula is C19H24ClN3O2. The van der Waals surface area contributed by atoms with Crippen LogP contribution in [0.25, 0.3) is 0 Å². The Morgan fingerprint density at radius 1 is 0.960 bits per heavy atom. The van der Waals surface area contributed by atoms with Crippen molar-refractivity contribution in [3.05, 3.63) is 60.2 Å². The van der Waals surface area contributed by atoms with E-state index in [9.17, 15) is 9.59 Å². The Morgan fingerprint density at radius 3 is 2.16 bits per heavy atom. The maximum atomic E-state index is 12.2. The second-order valence-corrected chi connectivity index (χ2v) is 6.13. The van der Waals surface area contributed by atoms with Crippen LogP contribution in [0.1, 0.15) is 30.6 Å². The van der Waals surface area contributed by atoms with Gasteiger partial charge in [0.25, 0.3) is 5.91 Å². The van der Waals surface area contributed by atoms with Gasteiger partial charge in [-0.1, -0.05) is 38.1 Å². The van der Waals surface area contributed by atoms with E-state index in [1.165, 1.54) is 0 Å². The summed E-state index contributed by atoms with van der Waals surface area (Å²) in [5.41, 5.74) is 7.67. The maximum absolute atomic E-state index is 12.2. The third-order valence-corrected chi connectivity index (χ3v) is 3.49. The Morgan fingerprint density at radius 2 is 1.56 bits per heavy atom. The number of nitrogens with two attached hydrogens (primary N) is 1. The highest BCUT2D eigenvalue weighted by Crippen LogP contribution is 2.17. The number of halogens is 1. The number of carbonyl (C=O) groups excluding carboxylic acids is 2. The van der Waals surface area contributed by atoms with Crippen LogP contribution in [0.4, 0.5) is 11.4 Å². The Bertz CT molecular complexity index is 705. The number of rotatable bonds is 6. The lowest BCUT2D eigenvalue weighted by Crippen LogP contribution is -2.36.